The molecular formula is C9H18N2O4. The third-order valence-corrected chi connectivity index (χ3v) is 2.11. The zero-order chi connectivity index (χ0) is 12.0. The first-order valence-corrected chi connectivity index (χ1v) is 4.56. The number of amides is 2. The highest BCUT2D eigenvalue weighted by Gasteiger charge is 2.22. The molecule has 0 bridgehead atoms. The van der Waals surface area contributed by atoms with Gasteiger partial charge in [-0.15, -0.1) is 0 Å². The van der Waals surface area contributed by atoms with E-state index >= 15 is 0 Å². The van der Waals surface area contributed by atoms with Crippen molar-refractivity contribution in [3.05, 3.63) is 0 Å². The fourth-order valence-corrected chi connectivity index (χ4v) is 0.980. The fourth-order valence-electron chi connectivity index (χ4n) is 0.980. The molecule has 0 aromatic heterocycles. The molecule has 0 heterocycles. The normalized spacial score (nSPS) is 12.1. The summed E-state index contributed by atoms with van der Waals surface area (Å²) in [6.45, 7) is 1.67. The molecule has 0 aromatic rings. The first-order valence-electron chi connectivity index (χ1n) is 4.56. The van der Waals surface area contributed by atoms with Gasteiger partial charge in [0.2, 0.25) is 11.8 Å². The van der Waals surface area contributed by atoms with Gasteiger partial charge in [0.1, 0.15) is 0 Å². The lowest BCUT2D eigenvalue weighted by atomic mass is 10.1. The minimum atomic E-state index is -0.431. The quantitative estimate of drug-likeness (QED) is 0.612. The number of hydrogen-bond donors (Lipinski definition) is 0. The second kappa shape index (κ2) is 6.36. The number of carbonyl (C=O) groups is 2. The van der Waals surface area contributed by atoms with Crippen LogP contribution in [0.25, 0.3) is 0 Å². The number of carbonyl (C=O) groups excluding carboxylic acids is 2. The van der Waals surface area contributed by atoms with E-state index in [9.17, 15) is 9.59 Å². The lowest BCUT2D eigenvalue weighted by molar-refractivity contribution is -0.179. The van der Waals surface area contributed by atoms with E-state index in [1.807, 2.05) is 0 Å². The highest BCUT2D eigenvalue weighted by molar-refractivity contribution is 5.84. The molecule has 0 rings (SSSR count). The predicted molar refractivity (Wildman–Crippen MR) is 53.3 cm³/mol. The van der Waals surface area contributed by atoms with Crippen LogP contribution in [0.5, 0.6) is 0 Å². The molecule has 0 N–H and O–H groups in total. The maximum absolute atomic E-state index is 11.5. The Kier molecular flexibility index (Phi) is 5.88. The van der Waals surface area contributed by atoms with E-state index in [2.05, 4.69) is 0 Å². The van der Waals surface area contributed by atoms with Crippen LogP contribution in [-0.4, -0.2) is 50.3 Å². The Bertz CT molecular complexity index is 232. The van der Waals surface area contributed by atoms with Crippen molar-refractivity contribution >= 4 is 11.8 Å². The molecule has 6 nitrogen and oxygen atoms in total. The van der Waals surface area contributed by atoms with Crippen molar-refractivity contribution in [3.8, 4) is 0 Å². The Hall–Kier alpha value is -1.14. The summed E-state index contributed by atoms with van der Waals surface area (Å²) in [6.07, 6.45) is 0.0941. The van der Waals surface area contributed by atoms with E-state index in [1.54, 1.807) is 6.92 Å². The predicted octanol–water partition coefficient (Wildman–Crippen LogP) is 0.0522. The van der Waals surface area contributed by atoms with Crippen molar-refractivity contribution in [3.63, 3.8) is 0 Å². The van der Waals surface area contributed by atoms with E-state index < -0.39 is 5.92 Å². The van der Waals surface area contributed by atoms with Crippen LogP contribution >= 0.6 is 0 Å². The number of nitrogens with zero attached hydrogens (tertiary/aromatic N) is 2. The van der Waals surface area contributed by atoms with E-state index in [4.69, 9.17) is 9.68 Å². The van der Waals surface area contributed by atoms with Crippen molar-refractivity contribution in [2.24, 2.45) is 5.92 Å². The van der Waals surface area contributed by atoms with E-state index in [0.29, 0.717) is 0 Å². The molecule has 0 aliphatic rings. The smallest absolute Gasteiger partial charge is 0.249 e. The molecule has 88 valence electrons. The summed E-state index contributed by atoms with van der Waals surface area (Å²) in [5.74, 6) is -0.918. The van der Waals surface area contributed by atoms with Crippen LogP contribution in [0.15, 0.2) is 0 Å². The monoisotopic (exact) mass is 218 g/mol. The van der Waals surface area contributed by atoms with Crippen LogP contribution in [0.3, 0.4) is 0 Å². The van der Waals surface area contributed by atoms with Crippen LogP contribution in [-0.2, 0) is 19.3 Å². The third kappa shape index (κ3) is 4.26. The SMILES string of the molecule is CON(C)C(=O)CC(C)C(=O)N(C)OC. The molecule has 0 aromatic carbocycles. The van der Waals surface area contributed by atoms with Crippen LogP contribution in [0.4, 0.5) is 0 Å². The van der Waals surface area contributed by atoms with Crippen molar-refractivity contribution in [2.45, 2.75) is 13.3 Å². The molecule has 0 fully saturated rings. The second-order valence-corrected chi connectivity index (χ2v) is 3.20. The topological polar surface area (TPSA) is 59.1 Å². The zero-order valence-electron chi connectivity index (χ0n) is 9.81. The zero-order valence-corrected chi connectivity index (χ0v) is 9.81. The Morgan fingerprint density at radius 1 is 1.13 bits per heavy atom. The third-order valence-electron chi connectivity index (χ3n) is 2.11. The molecule has 1 atom stereocenters. The van der Waals surface area contributed by atoms with Gasteiger partial charge in [0.05, 0.1) is 14.2 Å². The number of hydroxylamine groups is 4. The largest absolute Gasteiger partial charge is 0.275 e. The summed E-state index contributed by atoms with van der Waals surface area (Å²) in [7, 11) is 5.79. The minimum absolute atomic E-state index is 0.0941. The first kappa shape index (κ1) is 13.9. The average Bonchev–Trinajstić information content (AvgIpc) is 2.25. The molecular weight excluding hydrogens is 200 g/mol. The van der Waals surface area contributed by atoms with Crippen molar-refractivity contribution in [2.75, 3.05) is 28.3 Å². The van der Waals surface area contributed by atoms with Crippen LogP contribution in [0.2, 0.25) is 0 Å². The lowest BCUT2D eigenvalue weighted by Gasteiger charge is -2.20. The first-order chi connectivity index (χ1) is 6.93. The summed E-state index contributed by atoms with van der Waals surface area (Å²) in [6, 6.07) is 0. The summed E-state index contributed by atoms with van der Waals surface area (Å²) >= 11 is 0. The van der Waals surface area contributed by atoms with Gasteiger partial charge in [-0.3, -0.25) is 19.3 Å². The minimum Gasteiger partial charge on any atom is -0.275 e. The molecule has 0 aliphatic heterocycles. The summed E-state index contributed by atoms with van der Waals surface area (Å²) in [5, 5.41) is 2.20. The Balaban J connectivity index is 4.18. The van der Waals surface area contributed by atoms with Crippen LogP contribution in [0, 0.1) is 5.92 Å². The molecule has 1 unspecified atom stereocenters. The van der Waals surface area contributed by atoms with Gasteiger partial charge < -0.3 is 0 Å². The van der Waals surface area contributed by atoms with Crippen LogP contribution in [0.1, 0.15) is 13.3 Å². The Morgan fingerprint density at radius 2 is 1.60 bits per heavy atom. The molecule has 0 saturated carbocycles. The van der Waals surface area contributed by atoms with E-state index in [-0.39, 0.29) is 18.2 Å². The standard InChI is InChI=1S/C9H18N2O4/c1-7(9(13)11(3)15-5)6-8(12)10(2)14-4/h7H,6H2,1-5H3. The Morgan fingerprint density at radius 3 is 2.00 bits per heavy atom. The molecule has 2 amide bonds. The Labute approximate surface area is 89.6 Å². The molecule has 0 radical (unpaired) electrons. The highest BCUT2D eigenvalue weighted by atomic mass is 16.7. The van der Waals surface area contributed by atoms with Crippen molar-refractivity contribution < 1.29 is 19.3 Å². The summed E-state index contributed by atoms with van der Waals surface area (Å²) in [5.41, 5.74) is 0. The molecule has 0 aliphatic carbocycles. The molecule has 0 saturated heterocycles. The van der Waals surface area contributed by atoms with Gasteiger partial charge in [-0.25, -0.2) is 10.1 Å². The van der Waals surface area contributed by atoms with Gasteiger partial charge in [-0.05, 0) is 0 Å². The van der Waals surface area contributed by atoms with Crippen LogP contribution < -0.4 is 0 Å². The lowest BCUT2D eigenvalue weighted by Crippen LogP contribution is -2.34. The van der Waals surface area contributed by atoms with Gasteiger partial charge in [-0.2, -0.15) is 0 Å². The second-order valence-electron chi connectivity index (χ2n) is 3.20. The molecule has 6 heteroatoms. The van der Waals surface area contributed by atoms with E-state index in [1.165, 1.54) is 28.3 Å². The van der Waals surface area contributed by atoms with Gasteiger partial charge in [0.25, 0.3) is 0 Å². The van der Waals surface area contributed by atoms with E-state index in [0.717, 1.165) is 10.1 Å². The number of hydrogen-bond acceptors (Lipinski definition) is 4. The molecule has 0 spiro atoms. The average molecular weight is 218 g/mol. The highest BCUT2D eigenvalue weighted by Crippen LogP contribution is 2.08. The van der Waals surface area contributed by atoms with Gasteiger partial charge in [0, 0.05) is 26.4 Å². The molecule has 15 heavy (non-hydrogen) atoms. The fraction of sp³-hybridized carbons (Fsp3) is 0.778. The van der Waals surface area contributed by atoms with Gasteiger partial charge in [0.15, 0.2) is 0 Å². The van der Waals surface area contributed by atoms with Gasteiger partial charge >= 0.3 is 0 Å². The summed E-state index contributed by atoms with van der Waals surface area (Å²) < 4.78 is 0. The van der Waals surface area contributed by atoms with Crippen molar-refractivity contribution in [1.29, 1.82) is 0 Å². The number of rotatable bonds is 5. The van der Waals surface area contributed by atoms with Crippen molar-refractivity contribution in [1.82, 2.24) is 10.1 Å². The summed E-state index contributed by atoms with van der Waals surface area (Å²) in [4.78, 5) is 32.3. The van der Waals surface area contributed by atoms with Gasteiger partial charge in [-0.1, -0.05) is 6.92 Å². The maximum Gasteiger partial charge on any atom is 0.249 e. The maximum atomic E-state index is 11.5.